The molecule has 3 aromatic heterocycles. The van der Waals surface area contributed by atoms with Crippen molar-refractivity contribution in [2.75, 3.05) is 6.54 Å². The van der Waals surface area contributed by atoms with E-state index in [9.17, 15) is 29.4 Å². The van der Waals surface area contributed by atoms with E-state index in [2.05, 4.69) is 39.7 Å². The van der Waals surface area contributed by atoms with Gasteiger partial charge in [0, 0.05) is 35.0 Å². The molecule has 0 aliphatic carbocycles. The first-order valence-corrected chi connectivity index (χ1v) is 23.9. The number of carboxylic acids is 1. The summed E-state index contributed by atoms with van der Waals surface area (Å²) >= 11 is 3.19. The van der Waals surface area contributed by atoms with Crippen LogP contribution in [0.25, 0.3) is 32.6 Å². The Hall–Kier alpha value is -6.62. The zero-order valence-corrected chi connectivity index (χ0v) is 40.3. The van der Waals surface area contributed by atoms with Crippen LogP contribution in [0.4, 0.5) is 0 Å². The number of thiazole rings is 1. The molecule has 2 unspecified atom stereocenters. The van der Waals surface area contributed by atoms with Crippen molar-refractivity contribution in [1.29, 1.82) is 0 Å². The molecule has 0 saturated carbocycles. The van der Waals surface area contributed by atoms with E-state index in [0.29, 0.717) is 17.4 Å². The van der Waals surface area contributed by atoms with Crippen LogP contribution in [0.2, 0.25) is 0 Å². The molecule has 1 saturated heterocycles. The number of aliphatic carboxylic acids is 1. The van der Waals surface area contributed by atoms with Crippen molar-refractivity contribution >= 4 is 58.2 Å². The number of aryl methyl sites for hydroxylation is 3. The van der Waals surface area contributed by atoms with Gasteiger partial charge < -0.3 is 25.7 Å². The lowest BCUT2D eigenvalue weighted by Gasteiger charge is -2.35. The number of nitrogens with one attached hydrogen (secondary N) is 2. The Labute approximate surface area is 397 Å². The number of thiophene rings is 1. The van der Waals surface area contributed by atoms with Gasteiger partial charge in [-0.1, -0.05) is 93.6 Å². The van der Waals surface area contributed by atoms with Crippen molar-refractivity contribution in [2.45, 2.75) is 98.5 Å². The lowest BCUT2D eigenvalue weighted by atomic mass is 9.85. The lowest BCUT2D eigenvalue weighted by Crippen LogP contribution is -2.57. The summed E-state index contributed by atoms with van der Waals surface area (Å²) in [6.07, 6.45) is 2.04. The molecular formula is C51H54N8O6S2. The van der Waals surface area contributed by atoms with Crippen LogP contribution in [-0.4, -0.2) is 89.0 Å². The molecule has 2 aliphatic heterocycles. The van der Waals surface area contributed by atoms with Gasteiger partial charge in [-0.3, -0.25) is 28.7 Å². The molecule has 14 nitrogen and oxygen atoms in total. The van der Waals surface area contributed by atoms with Gasteiger partial charge in [-0.05, 0) is 79.5 Å². The van der Waals surface area contributed by atoms with Crippen LogP contribution >= 0.6 is 22.7 Å². The third kappa shape index (κ3) is 9.78. The van der Waals surface area contributed by atoms with Gasteiger partial charge in [0.15, 0.2) is 5.82 Å². The number of fused-ring (bicyclic) bond motifs is 3. The van der Waals surface area contributed by atoms with Crippen molar-refractivity contribution < 1.29 is 29.4 Å². The maximum atomic E-state index is 14.2. The predicted molar refractivity (Wildman–Crippen MR) is 261 cm³/mol. The van der Waals surface area contributed by atoms with Crippen molar-refractivity contribution in [3.05, 3.63) is 134 Å². The van der Waals surface area contributed by atoms with Gasteiger partial charge in [-0.2, -0.15) is 0 Å². The fraction of sp³-hybridized carbons (Fsp3) is 0.333. The highest BCUT2D eigenvalue weighted by Gasteiger charge is 2.44. The van der Waals surface area contributed by atoms with Crippen LogP contribution < -0.4 is 10.6 Å². The number of carbonyl (C=O) groups excluding carboxylic acids is 3. The zero-order valence-electron chi connectivity index (χ0n) is 38.7. The van der Waals surface area contributed by atoms with E-state index in [1.165, 1.54) is 11.0 Å². The highest BCUT2D eigenvalue weighted by atomic mass is 32.1. The van der Waals surface area contributed by atoms with Gasteiger partial charge in [0.25, 0.3) is 0 Å². The molecule has 5 heterocycles. The van der Waals surface area contributed by atoms with Gasteiger partial charge in [-0.15, -0.1) is 32.9 Å². The first-order valence-electron chi connectivity index (χ1n) is 22.2. The molecule has 346 valence electrons. The molecule has 5 atom stereocenters. The van der Waals surface area contributed by atoms with E-state index in [1.54, 1.807) is 28.7 Å². The first-order chi connectivity index (χ1) is 31.9. The maximum Gasteiger partial charge on any atom is 0.306 e. The van der Waals surface area contributed by atoms with Crippen LogP contribution in [-0.2, 0) is 19.2 Å². The van der Waals surface area contributed by atoms with Crippen LogP contribution in [0.5, 0.6) is 0 Å². The molecule has 1 fully saturated rings. The minimum Gasteiger partial charge on any atom is -0.481 e. The molecule has 0 spiro atoms. The summed E-state index contributed by atoms with van der Waals surface area (Å²) in [5.41, 5.74) is 10.3. The number of rotatable bonds is 12. The first kappa shape index (κ1) is 46.9. The van der Waals surface area contributed by atoms with Crippen molar-refractivity contribution in [3.8, 4) is 26.6 Å². The number of aliphatic hydroxyl groups is 1. The zero-order chi connectivity index (χ0) is 47.9. The summed E-state index contributed by atoms with van der Waals surface area (Å²) in [5, 5.41) is 36.0. The van der Waals surface area contributed by atoms with Crippen LogP contribution in [0.15, 0.2) is 89.4 Å². The van der Waals surface area contributed by atoms with E-state index in [-0.39, 0.29) is 31.3 Å². The summed E-state index contributed by atoms with van der Waals surface area (Å²) in [7, 11) is 0. The SMILES string of the molecule is Cc1ncsc1-c1ccc(C(C)NC(=O)[C@@H]2C[C@@H](O)CN2C(=O)C(NC(=O)/C=C/c2ccc(-c3ccc(C4=N[C@@H](CC(=O)O)c5nnc(C)n5-c5sc(C)c(C)c54)cc3)cc2)C(C)(C)C)cc1. The Kier molecular flexibility index (Phi) is 13.3. The van der Waals surface area contributed by atoms with Gasteiger partial charge in [0.05, 0.1) is 40.4 Å². The largest absolute Gasteiger partial charge is 0.481 e. The van der Waals surface area contributed by atoms with Crippen LogP contribution in [0.3, 0.4) is 0 Å². The van der Waals surface area contributed by atoms with Gasteiger partial charge in [0.1, 0.15) is 29.0 Å². The molecule has 3 aromatic carbocycles. The molecule has 67 heavy (non-hydrogen) atoms. The molecule has 4 N–H and O–H groups in total. The molecule has 2 aliphatic rings. The summed E-state index contributed by atoms with van der Waals surface area (Å²) in [5.74, 6) is -1.08. The topological polar surface area (TPSA) is 192 Å². The molecule has 8 rings (SSSR count). The fourth-order valence-electron chi connectivity index (χ4n) is 8.68. The summed E-state index contributed by atoms with van der Waals surface area (Å²) in [6.45, 7) is 15.4. The highest BCUT2D eigenvalue weighted by Crippen LogP contribution is 2.40. The highest BCUT2D eigenvalue weighted by molar-refractivity contribution is 7.15. The number of carbonyl (C=O) groups is 4. The van der Waals surface area contributed by atoms with E-state index >= 15 is 0 Å². The van der Waals surface area contributed by atoms with Crippen LogP contribution in [0.1, 0.15) is 103 Å². The number of nitrogens with zero attached hydrogens (tertiary/aromatic N) is 6. The van der Waals surface area contributed by atoms with E-state index in [1.807, 2.05) is 124 Å². The second kappa shape index (κ2) is 18.9. The average Bonchev–Trinajstić information content (AvgIpc) is 4.06. The Morgan fingerprint density at radius 2 is 1.52 bits per heavy atom. The third-order valence-electron chi connectivity index (χ3n) is 12.5. The molecule has 0 bridgehead atoms. The van der Waals surface area contributed by atoms with Gasteiger partial charge in [-0.25, -0.2) is 4.98 Å². The monoisotopic (exact) mass is 938 g/mol. The fourth-order valence-corrected chi connectivity index (χ4v) is 10.7. The summed E-state index contributed by atoms with van der Waals surface area (Å²) in [6, 6.07) is 20.7. The summed E-state index contributed by atoms with van der Waals surface area (Å²) in [4.78, 5) is 66.4. The Bertz CT molecular complexity index is 2910. The molecule has 16 heteroatoms. The Morgan fingerprint density at radius 3 is 2.15 bits per heavy atom. The van der Waals surface area contributed by atoms with Crippen molar-refractivity contribution in [2.24, 2.45) is 10.4 Å². The Balaban J connectivity index is 0.925. The molecular weight excluding hydrogens is 885 g/mol. The van der Waals surface area contributed by atoms with Crippen molar-refractivity contribution in [1.82, 2.24) is 35.3 Å². The second-order valence-corrected chi connectivity index (χ2v) is 20.4. The number of β-amino-alcohol motifs (C(OH)–C–C–N with tert-alkyl or cyclic N) is 1. The van der Waals surface area contributed by atoms with Gasteiger partial charge in [0.2, 0.25) is 17.7 Å². The number of aliphatic hydroxyl groups excluding tert-OH is 1. The van der Waals surface area contributed by atoms with E-state index < -0.39 is 47.4 Å². The molecule has 6 aromatic rings. The van der Waals surface area contributed by atoms with Gasteiger partial charge >= 0.3 is 5.97 Å². The number of hydrogen-bond acceptors (Lipinski definition) is 11. The van der Waals surface area contributed by atoms with Crippen LogP contribution in [0, 0.1) is 33.1 Å². The standard InChI is InChI=1S/C51H54N8O6S2/c1-27-30(4)67-50-43(27)44(54-39(24-42(62)63)47-57-56-31(5)59(47)50)36-18-16-35(17-19-36)34-12-9-32(10-13-34)11-22-41(61)55-46(51(6,7)8)49(65)58-25-38(60)23-40(58)48(64)53-28(2)33-14-20-37(21-15-33)45-29(3)52-26-66-45/h9-22,26,28,38-40,46,60H,23-25H2,1-8H3,(H,53,64)(H,55,61)(H,62,63)/b22-11+/t28?,38-,39+,40+,46?/m1/s1. The van der Waals surface area contributed by atoms with E-state index in [4.69, 9.17) is 4.99 Å². The number of aromatic nitrogens is 4. The van der Waals surface area contributed by atoms with E-state index in [0.717, 1.165) is 65.0 Å². The normalized spacial score (nSPS) is 17.9. The molecule has 0 radical (unpaired) electrons. The lowest BCUT2D eigenvalue weighted by molar-refractivity contribution is -0.143. The maximum absolute atomic E-state index is 14.2. The predicted octanol–water partition coefficient (Wildman–Crippen LogP) is 8.10. The minimum absolute atomic E-state index is 0.0250. The smallest absolute Gasteiger partial charge is 0.306 e. The average molecular weight is 939 g/mol. The molecule has 3 amide bonds. The number of benzene rings is 3. The number of likely N-dealkylation sites (tertiary alicyclic amines) is 1. The quantitative estimate of drug-likeness (QED) is 0.0878. The second-order valence-electron chi connectivity index (χ2n) is 18.4. The number of aliphatic imine (C=N–C) groups is 1. The number of hydrogen-bond donors (Lipinski definition) is 4. The number of amides is 3. The Morgan fingerprint density at radius 1 is 0.881 bits per heavy atom. The number of carboxylic acid groups (broad SMARTS) is 1. The minimum atomic E-state index is -0.981. The third-order valence-corrected chi connectivity index (χ3v) is 14.6. The summed E-state index contributed by atoms with van der Waals surface area (Å²) < 4.78 is 1.94. The van der Waals surface area contributed by atoms with Crippen molar-refractivity contribution in [3.63, 3.8) is 0 Å².